The van der Waals surface area contributed by atoms with Crippen LogP contribution in [0.15, 0.2) is 54.6 Å². The van der Waals surface area contributed by atoms with E-state index in [1.165, 1.54) is 25.1 Å². The van der Waals surface area contributed by atoms with Crippen molar-refractivity contribution in [3.8, 4) is 0 Å². The maximum absolute atomic E-state index is 12.8. The third kappa shape index (κ3) is 4.67. The predicted octanol–water partition coefficient (Wildman–Crippen LogP) is 4.63. The molecule has 0 saturated heterocycles. The number of fused-ring (bicyclic) bond motifs is 1. The number of benzene rings is 2. The van der Waals surface area contributed by atoms with Gasteiger partial charge in [-0.25, -0.2) is 4.79 Å². The summed E-state index contributed by atoms with van der Waals surface area (Å²) < 4.78 is 43.4. The average molecular weight is 403 g/mol. The van der Waals surface area contributed by atoms with Crippen LogP contribution < -0.4 is 4.90 Å². The summed E-state index contributed by atoms with van der Waals surface area (Å²) in [5.41, 5.74) is 1.25. The zero-order chi connectivity index (χ0) is 21.2. The van der Waals surface area contributed by atoms with Crippen LogP contribution >= 0.6 is 0 Å². The fourth-order valence-electron chi connectivity index (χ4n) is 3.34. The lowest BCUT2D eigenvalue weighted by Gasteiger charge is -2.25. The van der Waals surface area contributed by atoms with Gasteiger partial charge in [0.05, 0.1) is 5.56 Å². The second-order valence-electron chi connectivity index (χ2n) is 6.93. The zero-order valence-electron chi connectivity index (χ0n) is 15.9. The summed E-state index contributed by atoms with van der Waals surface area (Å²) in [6.07, 6.45) is -2.53. The first kappa shape index (κ1) is 20.6. The highest BCUT2D eigenvalue weighted by Crippen LogP contribution is 2.32. The van der Waals surface area contributed by atoms with Gasteiger partial charge >= 0.3 is 12.1 Å². The van der Waals surface area contributed by atoms with Gasteiger partial charge in [0.15, 0.2) is 6.10 Å². The Hall–Kier alpha value is -3.09. The summed E-state index contributed by atoms with van der Waals surface area (Å²) in [4.78, 5) is 26.5. The van der Waals surface area contributed by atoms with Crippen molar-refractivity contribution < 1.29 is 27.5 Å². The van der Waals surface area contributed by atoms with Gasteiger partial charge in [0, 0.05) is 17.8 Å². The fourth-order valence-corrected chi connectivity index (χ4v) is 3.34. The Kier molecular flexibility index (Phi) is 5.77. The lowest BCUT2D eigenvalue weighted by Crippen LogP contribution is -2.43. The van der Waals surface area contributed by atoms with Gasteiger partial charge in [-0.2, -0.15) is 13.2 Å². The van der Waals surface area contributed by atoms with Gasteiger partial charge in [0.25, 0.3) is 5.91 Å². The Morgan fingerprint density at radius 1 is 1.17 bits per heavy atom. The number of carbonyl (C=O) groups excluding carboxylic acids is 2. The molecule has 0 aromatic heterocycles. The van der Waals surface area contributed by atoms with Crippen molar-refractivity contribution in [3.63, 3.8) is 0 Å². The molecule has 0 bridgehead atoms. The lowest BCUT2D eigenvalue weighted by molar-refractivity contribution is -0.149. The highest BCUT2D eigenvalue weighted by Gasteiger charge is 2.34. The van der Waals surface area contributed by atoms with E-state index in [0.29, 0.717) is 0 Å². The fraction of sp³-hybridized carbons (Fsp3) is 0.273. The number of amides is 1. The maximum atomic E-state index is 12.8. The molecule has 0 N–H and O–H groups in total. The van der Waals surface area contributed by atoms with Crippen LogP contribution in [0, 0.1) is 0 Å². The Morgan fingerprint density at radius 2 is 1.90 bits per heavy atom. The summed E-state index contributed by atoms with van der Waals surface area (Å²) in [6.45, 7) is 3.39. The van der Waals surface area contributed by atoms with Crippen molar-refractivity contribution in [3.05, 3.63) is 71.3 Å². The second-order valence-corrected chi connectivity index (χ2v) is 6.93. The predicted molar refractivity (Wildman–Crippen MR) is 103 cm³/mol. The van der Waals surface area contributed by atoms with Crippen LogP contribution in [0.3, 0.4) is 0 Å². The number of esters is 1. The minimum atomic E-state index is -4.46. The number of nitrogens with zero attached hydrogens (tertiary/aromatic N) is 1. The molecule has 0 fully saturated rings. The van der Waals surface area contributed by atoms with E-state index in [9.17, 15) is 22.8 Å². The number of halogens is 3. The normalized spacial score (nSPS) is 17.3. The summed E-state index contributed by atoms with van der Waals surface area (Å²) in [5.74, 6) is -1.15. The summed E-state index contributed by atoms with van der Waals surface area (Å²) >= 11 is 0. The minimum Gasteiger partial charge on any atom is -0.449 e. The van der Waals surface area contributed by atoms with Gasteiger partial charge in [-0.3, -0.25) is 4.79 Å². The standard InChI is InChI=1S/C22H20F3NO3/c1-14-12-17-7-3-4-9-19(17)26(14)21(28)15(2)29-20(27)11-10-16-6-5-8-18(13-16)22(23,24)25/h3-11,13-15H,12H2,1-2H3/b11-10+/t14-,15-/m0/s1. The van der Waals surface area contributed by atoms with Gasteiger partial charge in [0.1, 0.15) is 0 Å². The second kappa shape index (κ2) is 8.11. The van der Waals surface area contributed by atoms with Crippen molar-refractivity contribution in [1.29, 1.82) is 0 Å². The molecule has 0 saturated carbocycles. The maximum Gasteiger partial charge on any atom is 0.416 e. The first-order valence-corrected chi connectivity index (χ1v) is 9.14. The highest BCUT2D eigenvalue weighted by atomic mass is 19.4. The first-order valence-electron chi connectivity index (χ1n) is 9.14. The largest absolute Gasteiger partial charge is 0.449 e. The molecule has 1 amide bonds. The van der Waals surface area contributed by atoms with E-state index in [1.54, 1.807) is 4.90 Å². The van der Waals surface area contributed by atoms with Gasteiger partial charge < -0.3 is 9.64 Å². The smallest absolute Gasteiger partial charge is 0.416 e. The number of para-hydroxylation sites is 1. The number of ether oxygens (including phenoxy) is 1. The van der Waals surface area contributed by atoms with Crippen LogP contribution in [0.5, 0.6) is 0 Å². The molecule has 7 heteroatoms. The van der Waals surface area contributed by atoms with E-state index in [2.05, 4.69) is 0 Å². The molecule has 2 atom stereocenters. The quantitative estimate of drug-likeness (QED) is 0.553. The molecule has 29 heavy (non-hydrogen) atoms. The molecular formula is C22H20F3NO3. The van der Waals surface area contributed by atoms with Gasteiger partial charge in [-0.1, -0.05) is 30.3 Å². The van der Waals surface area contributed by atoms with Crippen molar-refractivity contribution in [2.24, 2.45) is 0 Å². The molecule has 2 aromatic carbocycles. The molecule has 1 aliphatic rings. The average Bonchev–Trinajstić information content (AvgIpc) is 3.01. The number of alkyl halides is 3. The molecule has 0 unspecified atom stereocenters. The van der Waals surface area contributed by atoms with E-state index in [4.69, 9.17) is 4.74 Å². The molecule has 2 aromatic rings. The Bertz CT molecular complexity index is 952. The monoisotopic (exact) mass is 403 g/mol. The highest BCUT2D eigenvalue weighted by molar-refractivity contribution is 6.00. The van der Waals surface area contributed by atoms with Crippen LogP contribution in [0.4, 0.5) is 18.9 Å². The van der Waals surface area contributed by atoms with Crippen molar-refractivity contribution in [1.82, 2.24) is 0 Å². The van der Waals surface area contributed by atoms with Crippen molar-refractivity contribution in [2.45, 2.75) is 38.6 Å². The SMILES string of the molecule is C[C@H](OC(=O)/C=C/c1cccc(C(F)(F)F)c1)C(=O)N1c2ccccc2C[C@@H]1C. The molecule has 152 valence electrons. The van der Waals surface area contributed by atoms with E-state index in [-0.39, 0.29) is 17.5 Å². The molecule has 0 radical (unpaired) electrons. The summed E-state index contributed by atoms with van der Waals surface area (Å²) in [7, 11) is 0. The van der Waals surface area contributed by atoms with E-state index >= 15 is 0 Å². The molecule has 0 spiro atoms. The van der Waals surface area contributed by atoms with Gasteiger partial charge in [-0.05, 0) is 55.7 Å². The van der Waals surface area contributed by atoms with Crippen LogP contribution in [0.25, 0.3) is 6.08 Å². The van der Waals surface area contributed by atoms with Gasteiger partial charge in [-0.15, -0.1) is 0 Å². The van der Waals surface area contributed by atoms with Crippen LogP contribution in [-0.2, 0) is 26.9 Å². The van der Waals surface area contributed by atoms with Crippen molar-refractivity contribution in [2.75, 3.05) is 4.90 Å². The molecule has 1 heterocycles. The Morgan fingerprint density at radius 3 is 2.62 bits per heavy atom. The van der Waals surface area contributed by atoms with Gasteiger partial charge in [0.2, 0.25) is 0 Å². The lowest BCUT2D eigenvalue weighted by atomic mass is 10.1. The number of carbonyl (C=O) groups is 2. The third-order valence-corrected chi connectivity index (χ3v) is 4.71. The molecule has 4 nitrogen and oxygen atoms in total. The van der Waals surface area contributed by atoms with Crippen LogP contribution in [0.2, 0.25) is 0 Å². The van der Waals surface area contributed by atoms with E-state index in [0.717, 1.165) is 35.9 Å². The van der Waals surface area contributed by atoms with E-state index < -0.39 is 23.8 Å². The van der Waals surface area contributed by atoms with Crippen LogP contribution in [-0.4, -0.2) is 24.0 Å². The molecule has 1 aliphatic heterocycles. The topological polar surface area (TPSA) is 46.6 Å². The van der Waals surface area contributed by atoms with Crippen LogP contribution in [0.1, 0.15) is 30.5 Å². The number of hydrogen-bond acceptors (Lipinski definition) is 3. The minimum absolute atomic E-state index is 0.0540. The number of rotatable bonds is 4. The number of hydrogen-bond donors (Lipinski definition) is 0. The Labute approximate surface area is 166 Å². The summed E-state index contributed by atoms with van der Waals surface area (Å²) in [5, 5.41) is 0. The third-order valence-electron chi connectivity index (χ3n) is 4.71. The molecule has 0 aliphatic carbocycles. The molecular weight excluding hydrogens is 383 g/mol. The van der Waals surface area contributed by atoms with E-state index in [1.807, 2.05) is 31.2 Å². The van der Waals surface area contributed by atoms with Crippen molar-refractivity contribution >= 4 is 23.6 Å². The number of anilines is 1. The zero-order valence-corrected chi connectivity index (χ0v) is 15.9. The first-order chi connectivity index (χ1) is 13.7. The molecule has 3 rings (SSSR count). The summed E-state index contributed by atoms with van der Waals surface area (Å²) in [6, 6.07) is 12.1. The Balaban J connectivity index is 1.65.